The van der Waals surface area contributed by atoms with Crippen LogP contribution in [0.4, 0.5) is 0 Å². The molecule has 0 radical (unpaired) electrons. The van der Waals surface area contributed by atoms with E-state index in [1.54, 1.807) is 18.4 Å². The van der Waals surface area contributed by atoms with E-state index in [2.05, 4.69) is 261 Å². The van der Waals surface area contributed by atoms with Gasteiger partial charge < -0.3 is 9.84 Å². The summed E-state index contributed by atoms with van der Waals surface area (Å²) >= 11 is 1.81. The van der Waals surface area contributed by atoms with Gasteiger partial charge in [0, 0.05) is 27.5 Å². The number of hydrogen-bond donors (Lipinski definition) is 1. The van der Waals surface area contributed by atoms with Gasteiger partial charge in [-0.25, -0.2) is 9.97 Å². The van der Waals surface area contributed by atoms with Gasteiger partial charge in [-0.15, -0.1) is 11.3 Å². The minimum atomic E-state index is -0.615. The molecule has 2 aliphatic carbocycles. The van der Waals surface area contributed by atoms with Crippen molar-refractivity contribution in [2.24, 2.45) is 0 Å². The number of nitrogens with zero attached hydrogens (tertiary/aromatic N) is 2. The first-order chi connectivity index (χ1) is 43.1. The van der Waals surface area contributed by atoms with Crippen LogP contribution in [0.15, 0.2) is 291 Å². The summed E-state index contributed by atoms with van der Waals surface area (Å²) in [5, 5.41) is 14.9. The smallest absolute Gasteiger partial charge is 0.126 e. The molecule has 2 heterocycles. The number of thiophene rings is 1. The second-order valence-corrected chi connectivity index (χ2v) is 23.9. The van der Waals surface area contributed by atoms with Gasteiger partial charge in [0.25, 0.3) is 0 Å². The Balaban J connectivity index is 1.03. The molecular formula is C82H54N2O2S. The summed E-state index contributed by atoms with van der Waals surface area (Å²) in [6.07, 6.45) is 0. The molecule has 15 aromatic rings. The molecule has 0 saturated heterocycles. The molecule has 0 saturated carbocycles. The third-order valence-corrected chi connectivity index (χ3v) is 20.0. The maximum atomic E-state index is 10.7. The first-order valence-corrected chi connectivity index (χ1v) is 30.6. The Morgan fingerprint density at radius 3 is 1.15 bits per heavy atom. The Bertz CT molecular complexity index is 4840. The lowest BCUT2D eigenvalue weighted by Crippen LogP contribution is -2.28. The van der Waals surface area contributed by atoms with Crippen molar-refractivity contribution in [3.05, 3.63) is 341 Å². The van der Waals surface area contributed by atoms with Crippen molar-refractivity contribution in [2.45, 2.75) is 17.4 Å². The van der Waals surface area contributed by atoms with Crippen molar-refractivity contribution < 1.29 is 9.84 Å². The van der Waals surface area contributed by atoms with Crippen molar-refractivity contribution in [1.29, 1.82) is 0 Å². The molecule has 87 heavy (non-hydrogen) atoms. The fourth-order valence-corrected chi connectivity index (χ4v) is 16.4. The van der Waals surface area contributed by atoms with E-state index < -0.39 is 10.8 Å². The molecule has 0 aliphatic heterocycles. The number of aromatic nitrogens is 2. The predicted octanol–water partition coefficient (Wildman–Crippen LogP) is 20.0. The zero-order chi connectivity index (χ0) is 57.8. The summed E-state index contributed by atoms with van der Waals surface area (Å²) in [5.74, 6) is 0.799. The highest BCUT2D eigenvalue weighted by Gasteiger charge is 2.49. The average molecular weight is 1130 g/mol. The Hall–Kier alpha value is -10.6. The van der Waals surface area contributed by atoms with Crippen molar-refractivity contribution in [2.75, 3.05) is 7.11 Å². The van der Waals surface area contributed by atoms with E-state index in [9.17, 15) is 5.11 Å². The molecule has 1 N–H and O–H groups in total. The molecule has 5 heteroatoms. The van der Waals surface area contributed by atoms with Crippen LogP contribution in [0.1, 0.15) is 50.1 Å². The molecule has 2 aliphatic rings. The molecule has 2 aromatic heterocycles. The minimum Gasteiger partial charge on any atom is -0.496 e. The van der Waals surface area contributed by atoms with Gasteiger partial charge in [0.2, 0.25) is 0 Å². The van der Waals surface area contributed by atoms with E-state index in [-0.39, 0.29) is 6.61 Å². The van der Waals surface area contributed by atoms with Gasteiger partial charge in [0.1, 0.15) is 16.8 Å². The van der Waals surface area contributed by atoms with Gasteiger partial charge in [0.15, 0.2) is 0 Å². The van der Waals surface area contributed by atoms with E-state index >= 15 is 0 Å². The summed E-state index contributed by atoms with van der Waals surface area (Å²) < 4.78 is 6.02. The fraction of sp³-hybridized carbons (Fsp3) is 0.0488. The number of hydrogen-bond acceptors (Lipinski definition) is 5. The molecule has 0 amide bonds. The number of para-hydroxylation sites is 1. The molecule has 0 spiro atoms. The Labute approximate surface area is 508 Å². The standard InChI is InChI=1S/C82H54N2O2S/c1-86-72-43-21-18-34-59(72)52-45-47-61-60-46-44-51(58-33-15-14-24-53(58)50-85)48-66(60)75-76(67(61)49-52)84-78-77(83-75)79(64-37-22-41-70-73(64)62-35-16-19-39-68(62)81(70,54-25-6-2-7-26-54)55-27-8-3-9-28-55)87-80(78)65-38-23-42-71-74(65)63-36-17-20-40-69(63)82(71,56-29-10-4-11-30-56)57-31-12-5-13-32-57/h2-49,85H,50H2,1H3. The number of benzene rings is 13. The van der Waals surface area contributed by atoms with Crippen LogP contribution < -0.4 is 4.74 Å². The van der Waals surface area contributed by atoms with Gasteiger partial charge in [-0.1, -0.05) is 273 Å². The highest BCUT2D eigenvalue weighted by Crippen LogP contribution is 2.62. The first-order valence-electron chi connectivity index (χ1n) is 29.8. The lowest BCUT2D eigenvalue weighted by Gasteiger charge is -2.34. The highest BCUT2D eigenvalue weighted by molar-refractivity contribution is 7.21. The van der Waals surface area contributed by atoms with Gasteiger partial charge in [0.05, 0.1) is 45.3 Å². The molecule has 13 aromatic carbocycles. The molecule has 0 atom stereocenters. The van der Waals surface area contributed by atoms with Gasteiger partial charge in [-0.05, 0) is 118 Å². The summed E-state index contributed by atoms with van der Waals surface area (Å²) in [6.45, 7) is -0.0777. The summed E-state index contributed by atoms with van der Waals surface area (Å²) in [4.78, 5) is 14.4. The second-order valence-electron chi connectivity index (χ2n) is 22.9. The molecule has 17 rings (SSSR count). The van der Waals surface area contributed by atoms with Crippen LogP contribution >= 0.6 is 11.3 Å². The summed E-state index contributed by atoms with van der Waals surface area (Å²) in [5.41, 5.74) is 23.8. The van der Waals surface area contributed by atoms with Crippen molar-refractivity contribution >= 4 is 54.9 Å². The third kappa shape index (κ3) is 7.34. The number of rotatable bonds is 10. The number of ether oxygens (including phenoxy) is 1. The zero-order valence-electron chi connectivity index (χ0n) is 47.6. The third-order valence-electron chi connectivity index (χ3n) is 18.7. The topological polar surface area (TPSA) is 55.2 Å². The zero-order valence-corrected chi connectivity index (χ0v) is 48.4. The van der Waals surface area contributed by atoms with Gasteiger partial charge in [-0.3, -0.25) is 0 Å². The van der Waals surface area contributed by atoms with E-state index in [4.69, 9.17) is 14.7 Å². The SMILES string of the molecule is COc1ccccc1-c1ccc2c3ccc(-c4ccccc4CO)cc3c3nc4c(-c5cccc6c5-c5ccccc5C6(c5ccccc5)c5ccccc5)sc(-c5cccc6c5-c5ccccc5C6(c5ccccc5)c5ccccc5)c4nc3c2c1. The number of aliphatic hydroxyl groups is 1. The largest absolute Gasteiger partial charge is 0.496 e. The molecule has 410 valence electrons. The van der Waals surface area contributed by atoms with Crippen LogP contribution in [-0.2, 0) is 17.4 Å². The average Bonchev–Trinajstić information content (AvgIpc) is 1.65. The Morgan fingerprint density at radius 1 is 0.333 bits per heavy atom. The Kier molecular flexibility index (Phi) is 11.7. The normalized spacial score (nSPS) is 13.4. The van der Waals surface area contributed by atoms with Crippen LogP contribution in [0.2, 0.25) is 0 Å². The minimum absolute atomic E-state index is 0.0777. The highest BCUT2D eigenvalue weighted by atomic mass is 32.1. The second kappa shape index (κ2) is 20.0. The van der Waals surface area contributed by atoms with Crippen molar-refractivity contribution in [3.8, 4) is 71.1 Å². The van der Waals surface area contributed by atoms with Crippen LogP contribution in [0.5, 0.6) is 5.75 Å². The lowest BCUT2D eigenvalue weighted by molar-refractivity contribution is 0.282. The maximum Gasteiger partial charge on any atom is 0.126 e. The van der Waals surface area contributed by atoms with Crippen LogP contribution in [0.25, 0.3) is 109 Å². The van der Waals surface area contributed by atoms with E-state index in [0.717, 1.165) is 98.1 Å². The predicted molar refractivity (Wildman–Crippen MR) is 359 cm³/mol. The number of aliphatic hydroxyl groups excluding tert-OH is 1. The first kappa shape index (κ1) is 50.9. The molecule has 0 fully saturated rings. The van der Waals surface area contributed by atoms with E-state index in [1.165, 1.54) is 66.8 Å². The summed E-state index contributed by atoms with van der Waals surface area (Å²) in [6, 6.07) is 106. The van der Waals surface area contributed by atoms with Crippen LogP contribution in [-0.4, -0.2) is 22.2 Å². The van der Waals surface area contributed by atoms with E-state index in [1.807, 2.05) is 30.3 Å². The fourth-order valence-electron chi connectivity index (χ4n) is 15.2. The summed E-state index contributed by atoms with van der Waals surface area (Å²) in [7, 11) is 1.74. The number of methoxy groups -OCH3 is 1. The molecule has 0 unspecified atom stereocenters. The molecular weight excluding hydrogens is 1080 g/mol. The van der Waals surface area contributed by atoms with Gasteiger partial charge >= 0.3 is 0 Å². The van der Waals surface area contributed by atoms with Crippen molar-refractivity contribution in [3.63, 3.8) is 0 Å². The maximum absolute atomic E-state index is 10.7. The van der Waals surface area contributed by atoms with Crippen LogP contribution in [0, 0.1) is 0 Å². The monoisotopic (exact) mass is 1130 g/mol. The molecule has 0 bridgehead atoms. The van der Waals surface area contributed by atoms with E-state index in [0.29, 0.717) is 0 Å². The lowest BCUT2D eigenvalue weighted by atomic mass is 9.67. The van der Waals surface area contributed by atoms with Gasteiger partial charge in [-0.2, -0.15) is 0 Å². The number of fused-ring (bicyclic) bond motifs is 13. The Morgan fingerprint density at radius 2 is 0.701 bits per heavy atom. The van der Waals surface area contributed by atoms with Crippen LogP contribution in [0.3, 0.4) is 0 Å². The molecule has 4 nitrogen and oxygen atoms in total. The van der Waals surface area contributed by atoms with Crippen molar-refractivity contribution in [1.82, 2.24) is 9.97 Å². The quantitative estimate of drug-likeness (QED) is 0.139.